The highest BCUT2D eigenvalue weighted by atomic mass is 15.3. The van der Waals surface area contributed by atoms with Crippen LogP contribution in [0.1, 0.15) is 11.4 Å². The van der Waals surface area contributed by atoms with E-state index in [1.165, 1.54) is 0 Å². The fourth-order valence-corrected chi connectivity index (χ4v) is 1.31. The number of nitrogens with zero attached hydrogens (tertiary/aromatic N) is 4. The van der Waals surface area contributed by atoms with Gasteiger partial charge in [0.2, 0.25) is 0 Å². The Morgan fingerprint density at radius 1 is 1.46 bits per heavy atom. The molecule has 64 valence electrons. The normalized spacial score (nSPS) is 10.2. The van der Waals surface area contributed by atoms with Gasteiger partial charge in [0.25, 0.3) is 0 Å². The van der Waals surface area contributed by atoms with Gasteiger partial charge in [-0.05, 0) is 19.1 Å². The molecule has 2 heterocycles. The first-order valence-corrected chi connectivity index (χ1v) is 3.93. The topological polar surface area (TPSA) is 54.5 Å². The smallest absolute Gasteiger partial charge is 0.188 e. The molecule has 0 amide bonds. The summed E-state index contributed by atoms with van der Waals surface area (Å²) in [5.41, 5.74) is 2.87. The predicted octanol–water partition coefficient (Wildman–Crippen LogP) is 1.15. The van der Waals surface area contributed by atoms with Crippen molar-refractivity contribution in [2.75, 3.05) is 0 Å². The molecule has 0 spiro atoms. The quantitative estimate of drug-likeness (QED) is 0.599. The highest BCUT2D eigenvalue weighted by Gasteiger charge is 2.08. The van der Waals surface area contributed by atoms with E-state index in [0.29, 0.717) is 11.2 Å². The zero-order valence-electron chi connectivity index (χ0n) is 7.44. The predicted molar refractivity (Wildman–Crippen MR) is 48.0 cm³/mol. The van der Waals surface area contributed by atoms with Gasteiger partial charge in [0.1, 0.15) is 11.6 Å². The van der Waals surface area contributed by atoms with Gasteiger partial charge >= 0.3 is 0 Å². The van der Waals surface area contributed by atoms with Crippen molar-refractivity contribution in [2.45, 2.75) is 6.92 Å². The molecule has 2 aromatic heterocycles. The van der Waals surface area contributed by atoms with Gasteiger partial charge in [0, 0.05) is 12.7 Å². The average Bonchev–Trinajstić information content (AvgIpc) is 2.42. The Hall–Kier alpha value is -1.89. The van der Waals surface area contributed by atoms with Crippen LogP contribution in [-0.2, 0) is 7.05 Å². The molecule has 0 aliphatic heterocycles. The summed E-state index contributed by atoms with van der Waals surface area (Å²) in [5, 5.41) is 12.8. The van der Waals surface area contributed by atoms with Crippen LogP contribution < -0.4 is 0 Å². The first kappa shape index (κ1) is 7.74. The molecule has 0 radical (unpaired) electrons. The second-order valence-electron chi connectivity index (χ2n) is 2.90. The SMILES string of the molecule is Cc1ccc2c(n1)c(C#N)nn2C. The first-order valence-electron chi connectivity index (χ1n) is 3.93. The van der Waals surface area contributed by atoms with Crippen molar-refractivity contribution in [3.8, 4) is 6.07 Å². The fourth-order valence-electron chi connectivity index (χ4n) is 1.31. The number of hydrogen-bond donors (Lipinski definition) is 0. The molecule has 4 heteroatoms. The van der Waals surface area contributed by atoms with E-state index in [9.17, 15) is 0 Å². The van der Waals surface area contributed by atoms with E-state index in [0.717, 1.165) is 11.2 Å². The van der Waals surface area contributed by atoms with Crippen molar-refractivity contribution >= 4 is 11.0 Å². The lowest BCUT2D eigenvalue weighted by molar-refractivity contribution is 0.791. The molecule has 0 N–H and O–H groups in total. The van der Waals surface area contributed by atoms with Crippen molar-refractivity contribution in [1.29, 1.82) is 5.26 Å². The van der Waals surface area contributed by atoms with Crippen molar-refractivity contribution in [3.63, 3.8) is 0 Å². The van der Waals surface area contributed by atoms with E-state index in [2.05, 4.69) is 10.1 Å². The summed E-state index contributed by atoms with van der Waals surface area (Å²) in [7, 11) is 1.81. The molecule has 0 aliphatic rings. The minimum absolute atomic E-state index is 0.390. The molecule has 2 aromatic rings. The third kappa shape index (κ3) is 1.05. The van der Waals surface area contributed by atoms with Crippen molar-refractivity contribution in [2.24, 2.45) is 7.05 Å². The molecule has 13 heavy (non-hydrogen) atoms. The van der Waals surface area contributed by atoms with Gasteiger partial charge in [-0.3, -0.25) is 4.68 Å². The van der Waals surface area contributed by atoms with E-state index in [1.54, 1.807) is 11.7 Å². The van der Waals surface area contributed by atoms with E-state index in [1.807, 2.05) is 25.1 Å². The Bertz CT molecular complexity index is 504. The van der Waals surface area contributed by atoms with Crippen LogP contribution in [0.2, 0.25) is 0 Å². The maximum atomic E-state index is 8.77. The van der Waals surface area contributed by atoms with Crippen LogP contribution in [0.4, 0.5) is 0 Å². The molecule has 0 aromatic carbocycles. The largest absolute Gasteiger partial charge is 0.265 e. The number of aryl methyl sites for hydroxylation is 2. The van der Waals surface area contributed by atoms with Crippen LogP contribution >= 0.6 is 0 Å². The molecule has 0 atom stereocenters. The summed E-state index contributed by atoms with van der Waals surface area (Å²) in [6.07, 6.45) is 0. The van der Waals surface area contributed by atoms with Gasteiger partial charge in [0.05, 0.1) is 5.52 Å². The maximum Gasteiger partial charge on any atom is 0.188 e. The summed E-state index contributed by atoms with van der Waals surface area (Å²) < 4.78 is 1.67. The van der Waals surface area contributed by atoms with Crippen LogP contribution in [0.25, 0.3) is 11.0 Å². The van der Waals surface area contributed by atoms with Gasteiger partial charge in [0.15, 0.2) is 5.69 Å². The number of aromatic nitrogens is 3. The van der Waals surface area contributed by atoms with E-state index < -0.39 is 0 Å². The fraction of sp³-hybridized carbons (Fsp3) is 0.222. The molecule has 2 rings (SSSR count). The lowest BCUT2D eigenvalue weighted by Gasteiger charge is -1.93. The van der Waals surface area contributed by atoms with Gasteiger partial charge in [-0.1, -0.05) is 0 Å². The summed E-state index contributed by atoms with van der Waals surface area (Å²) in [6.45, 7) is 1.90. The number of hydrogen-bond acceptors (Lipinski definition) is 3. The highest BCUT2D eigenvalue weighted by molar-refractivity contribution is 5.79. The molecular weight excluding hydrogens is 164 g/mol. The lowest BCUT2D eigenvalue weighted by Crippen LogP contribution is -1.89. The minimum atomic E-state index is 0.390. The maximum absolute atomic E-state index is 8.77. The van der Waals surface area contributed by atoms with Gasteiger partial charge in [-0.2, -0.15) is 10.4 Å². The van der Waals surface area contributed by atoms with E-state index in [-0.39, 0.29) is 0 Å². The molecule has 0 saturated heterocycles. The monoisotopic (exact) mass is 172 g/mol. The first-order chi connectivity index (χ1) is 6.22. The minimum Gasteiger partial charge on any atom is -0.265 e. The standard InChI is InChI=1S/C9H8N4/c1-6-3-4-8-9(11-6)7(5-10)12-13(8)2/h3-4H,1-2H3. The Morgan fingerprint density at radius 3 is 2.92 bits per heavy atom. The van der Waals surface area contributed by atoms with Crippen LogP contribution in [0.5, 0.6) is 0 Å². The molecule has 0 saturated carbocycles. The van der Waals surface area contributed by atoms with Gasteiger partial charge < -0.3 is 0 Å². The highest BCUT2D eigenvalue weighted by Crippen LogP contribution is 2.14. The lowest BCUT2D eigenvalue weighted by atomic mass is 10.3. The van der Waals surface area contributed by atoms with Crippen LogP contribution in [-0.4, -0.2) is 14.8 Å². The number of nitriles is 1. The van der Waals surface area contributed by atoms with Gasteiger partial charge in [-0.15, -0.1) is 0 Å². The van der Waals surface area contributed by atoms with Crippen molar-refractivity contribution < 1.29 is 0 Å². The average molecular weight is 172 g/mol. The van der Waals surface area contributed by atoms with Crippen molar-refractivity contribution in [1.82, 2.24) is 14.8 Å². The summed E-state index contributed by atoms with van der Waals surface area (Å²) in [5.74, 6) is 0. The van der Waals surface area contributed by atoms with Crippen LogP contribution in [0, 0.1) is 18.3 Å². The molecule has 0 unspecified atom stereocenters. The summed E-state index contributed by atoms with van der Waals surface area (Å²) in [6, 6.07) is 5.85. The third-order valence-corrected chi connectivity index (χ3v) is 1.94. The van der Waals surface area contributed by atoms with Crippen molar-refractivity contribution in [3.05, 3.63) is 23.5 Å². The Morgan fingerprint density at radius 2 is 2.23 bits per heavy atom. The zero-order valence-corrected chi connectivity index (χ0v) is 7.44. The number of rotatable bonds is 0. The third-order valence-electron chi connectivity index (χ3n) is 1.94. The molecule has 0 bridgehead atoms. The second-order valence-corrected chi connectivity index (χ2v) is 2.90. The van der Waals surface area contributed by atoms with E-state index in [4.69, 9.17) is 5.26 Å². The van der Waals surface area contributed by atoms with Crippen LogP contribution in [0.15, 0.2) is 12.1 Å². The summed E-state index contributed by atoms with van der Waals surface area (Å²) >= 11 is 0. The number of fused-ring (bicyclic) bond motifs is 1. The number of pyridine rings is 1. The second kappa shape index (κ2) is 2.56. The van der Waals surface area contributed by atoms with Gasteiger partial charge in [-0.25, -0.2) is 4.98 Å². The Balaban J connectivity index is 2.91. The summed E-state index contributed by atoms with van der Waals surface area (Å²) in [4.78, 5) is 4.26. The van der Waals surface area contributed by atoms with E-state index >= 15 is 0 Å². The molecule has 0 aliphatic carbocycles. The molecule has 4 nitrogen and oxygen atoms in total. The molecular formula is C9H8N4. The van der Waals surface area contributed by atoms with Crippen LogP contribution in [0.3, 0.4) is 0 Å². The molecule has 0 fully saturated rings. The zero-order chi connectivity index (χ0) is 9.42. The Kier molecular flexibility index (Phi) is 1.52. The Labute approximate surface area is 75.4 Å².